The highest BCUT2D eigenvalue weighted by molar-refractivity contribution is 7.92. The highest BCUT2D eigenvalue weighted by Crippen LogP contribution is 2.28. The third-order valence-electron chi connectivity index (χ3n) is 6.01. The van der Waals surface area contributed by atoms with E-state index in [-0.39, 0.29) is 29.9 Å². The second-order valence-corrected chi connectivity index (χ2v) is 10.8. The first kappa shape index (κ1) is 29.6. The van der Waals surface area contributed by atoms with Gasteiger partial charge in [0.25, 0.3) is 5.69 Å². The number of methoxy groups -OCH3 is 1. The predicted molar refractivity (Wildman–Crippen MR) is 141 cm³/mol. The molecule has 0 aromatic heterocycles. The quantitative estimate of drug-likeness (QED) is 0.326. The van der Waals surface area contributed by atoms with Crippen LogP contribution in [-0.2, 0) is 26.2 Å². The number of ether oxygens (including phenoxy) is 1. The molecule has 0 aliphatic heterocycles. The molecule has 0 radical (unpaired) electrons. The van der Waals surface area contributed by atoms with Crippen LogP contribution >= 0.6 is 0 Å². The van der Waals surface area contributed by atoms with Crippen molar-refractivity contribution in [2.45, 2.75) is 52.7 Å². The van der Waals surface area contributed by atoms with E-state index in [1.165, 1.54) is 24.1 Å². The Morgan fingerprint density at radius 1 is 1.16 bits per heavy atom. The summed E-state index contributed by atoms with van der Waals surface area (Å²) in [5, 5.41) is 14.2. The number of amides is 2. The molecular weight excluding hydrogens is 500 g/mol. The first-order valence-corrected chi connectivity index (χ1v) is 13.6. The van der Waals surface area contributed by atoms with E-state index in [4.69, 9.17) is 4.74 Å². The second kappa shape index (κ2) is 12.5. The number of benzene rings is 2. The van der Waals surface area contributed by atoms with Crippen LogP contribution in [0.2, 0.25) is 0 Å². The Bertz CT molecular complexity index is 1250. The molecular formula is C25H34N4O7S. The Balaban J connectivity index is 2.49. The van der Waals surface area contributed by atoms with Gasteiger partial charge in [0.2, 0.25) is 21.8 Å². The second-order valence-electron chi connectivity index (χ2n) is 8.86. The summed E-state index contributed by atoms with van der Waals surface area (Å²) < 4.78 is 31.6. The molecule has 2 unspecified atom stereocenters. The Labute approximate surface area is 217 Å². The Kier molecular flexibility index (Phi) is 10.0. The van der Waals surface area contributed by atoms with E-state index in [1.807, 2.05) is 13.8 Å². The fourth-order valence-corrected chi connectivity index (χ4v) is 4.49. The number of carbonyl (C=O) groups excluding carboxylic acids is 2. The van der Waals surface area contributed by atoms with Crippen molar-refractivity contribution >= 4 is 33.2 Å². The fourth-order valence-electron chi connectivity index (χ4n) is 3.59. The number of sulfonamides is 1. The van der Waals surface area contributed by atoms with Crippen molar-refractivity contribution in [3.05, 3.63) is 63.7 Å². The predicted octanol–water partition coefficient (Wildman–Crippen LogP) is 3.01. The lowest BCUT2D eigenvalue weighted by Gasteiger charge is -2.32. The van der Waals surface area contributed by atoms with E-state index < -0.39 is 33.4 Å². The van der Waals surface area contributed by atoms with Gasteiger partial charge in [-0.25, -0.2) is 8.42 Å². The zero-order valence-electron chi connectivity index (χ0n) is 21.9. The number of nitro benzene ring substituents is 1. The average Bonchev–Trinajstić information content (AvgIpc) is 2.84. The van der Waals surface area contributed by atoms with Crippen molar-refractivity contribution < 1.29 is 27.7 Å². The molecule has 202 valence electrons. The topological polar surface area (TPSA) is 139 Å². The van der Waals surface area contributed by atoms with Gasteiger partial charge >= 0.3 is 0 Å². The van der Waals surface area contributed by atoms with Crippen LogP contribution in [0.15, 0.2) is 42.5 Å². The molecule has 12 heteroatoms. The molecule has 1 N–H and O–H groups in total. The minimum atomic E-state index is -4.02. The summed E-state index contributed by atoms with van der Waals surface area (Å²) in [7, 11) is -2.51. The van der Waals surface area contributed by atoms with Gasteiger partial charge in [0.05, 0.1) is 24.0 Å². The van der Waals surface area contributed by atoms with Gasteiger partial charge in [-0.2, -0.15) is 0 Å². The highest BCUT2D eigenvalue weighted by Gasteiger charge is 2.31. The van der Waals surface area contributed by atoms with Gasteiger partial charge in [0, 0.05) is 24.7 Å². The van der Waals surface area contributed by atoms with E-state index in [0.29, 0.717) is 23.3 Å². The molecule has 0 saturated heterocycles. The number of nitrogens with zero attached hydrogens (tertiary/aromatic N) is 3. The number of nitro groups is 1. The molecule has 0 saturated carbocycles. The van der Waals surface area contributed by atoms with Crippen molar-refractivity contribution in [3.8, 4) is 5.75 Å². The maximum Gasteiger partial charge on any atom is 0.271 e. The van der Waals surface area contributed by atoms with Crippen LogP contribution in [0.1, 0.15) is 38.3 Å². The van der Waals surface area contributed by atoms with Crippen LogP contribution in [0.4, 0.5) is 11.4 Å². The Hall–Kier alpha value is -3.67. The number of anilines is 1. The van der Waals surface area contributed by atoms with E-state index in [1.54, 1.807) is 38.1 Å². The summed E-state index contributed by atoms with van der Waals surface area (Å²) >= 11 is 0. The van der Waals surface area contributed by atoms with E-state index in [0.717, 1.165) is 16.6 Å². The largest absolute Gasteiger partial charge is 0.497 e. The average molecular weight is 535 g/mol. The lowest BCUT2D eigenvalue weighted by Crippen LogP contribution is -2.52. The van der Waals surface area contributed by atoms with Crippen LogP contribution in [0.3, 0.4) is 0 Å². The summed E-state index contributed by atoms with van der Waals surface area (Å²) in [5.74, 6) is -0.472. The number of hydrogen-bond acceptors (Lipinski definition) is 7. The smallest absolute Gasteiger partial charge is 0.271 e. The summed E-state index contributed by atoms with van der Waals surface area (Å²) in [6.07, 6.45) is 1.61. The minimum Gasteiger partial charge on any atom is -0.497 e. The molecule has 0 aliphatic carbocycles. The van der Waals surface area contributed by atoms with Gasteiger partial charge in [-0.05, 0) is 50.5 Å². The number of hydrogen-bond donors (Lipinski definition) is 1. The lowest BCUT2D eigenvalue weighted by atomic mass is 10.1. The number of rotatable bonds is 12. The maximum atomic E-state index is 13.6. The number of aryl methyl sites for hydroxylation is 1. The normalized spacial score (nSPS) is 12.8. The van der Waals surface area contributed by atoms with Crippen molar-refractivity contribution in [2.24, 2.45) is 0 Å². The zero-order chi connectivity index (χ0) is 27.9. The van der Waals surface area contributed by atoms with Gasteiger partial charge in [-0.3, -0.25) is 24.0 Å². The molecule has 2 aromatic carbocycles. The molecule has 2 atom stereocenters. The van der Waals surface area contributed by atoms with Crippen LogP contribution in [0, 0.1) is 17.0 Å². The summed E-state index contributed by atoms with van der Waals surface area (Å²) in [4.78, 5) is 38.6. The molecule has 2 aromatic rings. The maximum absolute atomic E-state index is 13.6. The third kappa shape index (κ3) is 7.91. The van der Waals surface area contributed by atoms with Crippen LogP contribution in [0.25, 0.3) is 0 Å². The third-order valence-corrected chi connectivity index (χ3v) is 7.13. The van der Waals surface area contributed by atoms with Gasteiger partial charge < -0.3 is 15.0 Å². The van der Waals surface area contributed by atoms with Gasteiger partial charge in [-0.1, -0.05) is 25.1 Å². The van der Waals surface area contributed by atoms with Crippen LogP contribution in [-0.4, -0.2) is 62.0 Å². The molecule has 2 amide bonds. The molecule has 2 rings (SSSR count). The van der Waals surface area contributed by atoms with Gasteiger partial charge in [0.1, 0.15) is 18.3 Å². The van der Waals surface area contributed by atoms with Gasteiger partial charge in [-0.15, -0.1) is 0 Å². The number of nitrogens with one attached hydrogen (secondary N) is 1. The van der Waals surface area contributed by atoms with Crippen molar-refractivity contribution in [1.82, 2.24) is 10.2 Å². The van der Waals surface area contributed by atoms with Gasteiger partial charge in [0.15, 0.2) is 0 Å². The fraction of sp³-hybridized carbons (Fsp3) is 0.440. The number of carbonyl (C=O) groups is 2. The van der Waals surface area contributed by atoms with E-state index in [9.17, 15) is 28.1 Å². The molecule has 0 spiro atoms. The standard InChI is InChI=1S/C25H34N4O7S/c1-7-18(3)26-25(31)19(4)27(15-20-9-8-10-22(13-20)36-5)24(30)16-28(37(6,34)35)23-14-21(29(32)33)12-11-17(23)2/h8-14,18-19H,7,15-16H2,1-6H3,(H,26,31). The lowest BCUT2D eigenvalue weighted by molar-refractivity contribution is -0.384. The van der Waals surface area contributed by atoms with Crippen LogP contribution in [0.5, 0.6) is 5.75 Å². The van der Waals surface area contributed by atoms with E-state index >= 15 is 0 Å². The molecule has 11 nitrogen and oxygen atoms in total. The first-order valence-electron chi connectivity index (χ1n) is 11.7. The van der Waals surface area contributed by atoms with Crippen molar-refractivity contribution in [2.75, 3.05) is 24.2 Å². The minimum absolute atomic E-state index is 0.0106. The molecule has 0 bridgehead atoms. The molecule has 0 aliphatic rings. The zero-order valence-corrected chi connectivity index (χ0v) is 22.7. The van der Waals surface area contributed by atoms with Crippen molar-refractivity contribution in [3.63, 3.8) is 0 Å². The first-order chi connectivity index (χ1) is 17.3. The van der Waals surface area contributed by atoms with Crippen LogP contribution < -0.4 is 14.4 Å². The molecule has 0 fully saturated rings. The molecule has 0 heterocycles. The highest BCUT2D eigenvalue weighted by atomic mass is 32.2. The SMILES string of the molecule is CCC(C)NC(=O)C(C)N(Cc1cccc(OC)c1)C(=O)CN(c1cc([N+](=O)[O-])ccc1C)S(C)(=O)=O. The monoisotopic (exact) mass is 534 g/mol. The molecule has 37 heavy (non-hydrogen) atoms. The van der Waals surface area contributed by atoms with E-state index in [2.05, 4.69) is 5.32 Å². The number of non-ortho nitro benzene ring substituents is 1. The summed E-state index contributed by atoms with van der Waals surface area (Å²) in [6, 6.07) is 9.73. The Morgan fingerprint density at radius 3 is 2.41 bits per heavy atom. The summed E-state index contributed by atoms with van der Waals surface area (Å²) in [5.41, 5.74) is 0.818. The Morgan fingerprint density at radius 2 is 1.84 bits per heavy atom. The summed E-state index contributed by atoms with van der Waals surface area (Å²) in [6.45, 7) is 6.29. The van der Waals surface area contributed by atoms with Crippen molar-refractivity contribution in [1.29, 1.82) is 0 Å².